The van der Waals surface area contributed by atoms with Gasteiger partial charge in [0.15, 0.2) is 17.6 Å². The van der Waals surface area contributed by atoms with E-state index in [4.69, 9.17) is 48.7 Å². The number of esters is 2. The number of carboxylic acid groups (broad SMARTS) is 1. The molecule has 4 aromatic rings. The third kappa shape index (κ3) is 46.5. The number of hydrogen-bond donors (Lipinski definition) is 7. The van der Waals surface area contributed by atoms with E-state index in [1.54, 1.807) is 62.0 Å². The molecule has 98 heavy (non-hydrogen) atoms. The Morgan fingerprint density at radius 3 is 1.73 bits per heavy atom. The molecular weight excluding hydrogens is 1390 g/mol. The molecule has 2 atom stereocenters. The molecule has 4 rings (SSSR count). The number of ether oxygens (including phenoxy) is 5. The normalized spacial score (nSPS) is 11.8. The Kier molecular flexibility index (Phi) is 58.3. The molecule has 0 spiro atoms. The fourth-order valence-corrected chi connectivity index (χ4v) is 10.3. The number of carbonyl (C=O) groups is 4. The number of aromatic carboxylic acids is 1. The van der Waals surface area contributed by atoms with Crippen LogP contribution in [0, 0.1) is 0 Å². The quantitative estimate of drug-likeness (QED) is 0.00249. The van der Waals surface area contributed by atoms with Gasteiger partial charge in [-0.1, -0.05) is 208 Å². The SMILES string of the molecule is CC.CCCCCCCC/C=C/CCCCCCCC(=O)OC(COC(=O)CCCCCCC/C=C/CCCCCCCCC)COP(O)OCCNC(=O)c1ccc(Cn2c(=O)[nH]c3c(N)nc(OCCO)nc32)cc1.CI.COCCOCNC=NCc1ccc(C(=O)O)cc1. The number of H-pyrrole nitrogens is 1. The molecule has 0 aliphatic rings. The number of benzene rings is 2. The van der Waals surface area contributed by atoms with Gasteiger partial charge in [-0.3, -0.25) is 23.9 Å². The minimum atomic E-state index is -2.41. The topological polar surface area (TPSA) is 320 Å². The summed E-state index contributed by atoms with van der Waals surface area (Å²) in [5, 5.41) is 23.4. The van der Waals surface area contributed by atoms with E-state index in [9.17, 15) is 28.9 Å². The van der Waals surface area contributed by atoms with Gasteiger partial charge in [-0.15, -0.1) is 0 Å². The van der Waals surface area contributed by atoms with Crippen LogP contribution in [0.4, 0.5) is 5.82 Å². The number of fused-ring (bicyclic) bond motifs is 1. The monoisotopic (exact) mass is 1510 g/mol. The number of nitrogens with one attached hydrogen (secondary N) is 3. The van der Waals surface area contributed by atoms with Gasteiger partial charge in [0.05, 0.1) is 58.0 Å². The smallest absolute Gasteiger partial charge is 0.335 e. The van der Waals surface area contributed by atoms with E-state index in [0.717, 1.165) is 76.2 Å². The van der Waals surface area contributed by atoms with E-state index in [-0.39, 0.29) is 99.4 Å². The van der Waals surface area contributed by atoms with Crippen LogP contribution in [-0.4, -0.2) is 142 Å². The number of carbonyl (C=O) groups excluding carboxylic acids is 3. The third-order valence-electron chi connectivity index (χ3n) is 15.0. The van der Waals surface area contributed by atoms with Crippen molar-refractivity contribution in [2.24, 2.45) is 4.99 Å². The number of aliphatic hydroxyl groups is 1. The second-order valence-electron chi connectivity index (χ2n) is 23.0. The molecule has 2 aromatic heterocycles. The molecule has 0 radical (unpaired) electrons. The summed E-state index contributed by atoms with van der Waals surface area (Å²) in [6, 6.07) is 13.2. The molecular formula is C73H120IN8O15P. The first-order valence-corrected chi connectivity index (χ1v) is 38.9. The number of halogens is 1. The lowest BCUT2D eigenvalue weighted by Crippen LogP contribution is -2.29. The summed E-state index contributed by atoms with van der Waals surface area (Å²) in [6.45, 7) is 9.82. The van der Waals surface area contributed by atoms with Crippen LogP contribution in [0.15, 0.2) is 82.6 Å². The highest BCUT2D eigenvalue weighted by Gasteiger charge is 2.21. The number of nitrogen functional groups attached to an aromatic ring is 1. The van der Waals surface area contributed by atoms with Crippen LogP contribution in [-0.2, 0) is 50.7 Å². The summed E-state index contributed by atoms with van der Waals surface area (Å²) in [5.41, 5.74) is 8.30. The van der Waals surface area contributed by atoms with E-state index in [0.29, 0.717) is 50.5 Å². The number of anilines is 1. The molecule has 0 fully saturated rings. The van der Waals surface area contributed by atoms with E-state index in [2.05, 4.69) is 91.3 Å². The van der Waals surface area contributed by atoms with Gasteiger partial charge >= 0.3 is 38.2 Å². The minimum Gasteiger partial charge on any atom is -0.478 e. The van der Waals surface area contributed by atoms with Crippen molar-refractivity contribution in [3.8, 4) is 6.01 Å². The van der Waals surface area contributed by atoms with E-state index < -0.39 is 32.3 Å². The molecule has 0 saturated heterocycles. The van der Waals surface area contributed by atoms with Gasteiger partial charge in [-0.05, 0) is 105 Å². The summed E-state index contributed by atoms with van der Waals surface area (Å²) < 4.78 is 38.8. The zero-order valence-electron chi connectivity index (χ0n) is 59.8. The molecule has 8 N–H and O–H groups in total. The predicted octanol–water partition coefficient (Wildman–Crippen LogP) is 15.2. The number of aromatic amines is 1. The summed E-state index contributed by atoms with van der Waals surface area (Å²) in [4.78, 5) is 89.5. The second-order valence-corrected chi connectivity index (χ2v) is 24.0. The molecule has 23 nitrogen and oxygen atoms in total. The first-order valence-electron chi connectivity index (χ1n) is 35.6. The van der Waals surface area contributed by atoms with Gasteiger partial charge in [0.1, 0.15) is 25.5 Å². The summed E-state index contributed by atoms with van der Waals surface area (Å²) in [6.07, 6.45) is 41.9. The number of allylic oxidation sites excluding steroid dienone is 4. The molecule has 2 aromatic carbocycles. The van der Waals surface area contributed by atoms with E-state index in [1.165, 1.54) is 94.5 Å². The Morgan fingerprint density at radius 1 is 0.673 bits per heavy atom. The maximum atomic E-state index is 12.9. The maximum Gasteiger partial charge on any atom is 0.335 e. The highest BCUT2D eigenvalue weighted by Crippen LogP contribution is 2.33. The Bertz CT molecular complexity index is 2790. The number of rotatable bonds is 56. The average molecular weight is 1510 g/mol. The van der Waals surface area contributed by atoms with E-state index in [1.807, 2.05) is 18.8 Å². The van der Waals surface area contributed by atoms with Crippen molar-refractivity contribution in [2.45, 2.75) is 233 Å². The highest BCUT2D eigenvalue weighted by molar-refractivity contribution is 14.1. The highest BCUT2D eigenvalue weighted by atomic mass is 127. The average Bonchev–Trinajstić information content (AvgIpc) is 1.60. The Balaban J connectivity index is 0.00000177. The van der Waals surface area contributed by atoms with Crippen molar-refractivity contribution in [3.63, 3.8) is 0 Å². The first-order chi connectivity index (χ1) is 47.9. The fraction of sp³-hybridized carbons (Fsp3) is 0.644. The second kappa shape index (κ2) is 63.3. The number of imidazole rings is 1. The zero-order valence-corrected chi connectivity index (χ0v) is 62.9. The largest absolute Gasteiger partial charge is 0.478 e. The van der Waals surface area contributed by atoms with Crippen molar-refractivity contribution in [3.05, 3.63) is 106 Å². The standard InChI is InChI=1S/C57H93N6O11P.C13H18N2O4.C2H6.CH3I/c1-3-5-7-9-11-13-15-17-19-21-22-24-26-28-30-32-34-50(65)71-45-49(74-51(66)35-33-31-29-27-25-23-20-18-16-14-12-10-8-6-4-2)46-73-75(69)72-42-40-59-55(67)48-38-36-47(37-39-48)44-63-54-52(60-57(63)68)53(58)61-56(62-54)70-43-41-64;1-18-6-7-19-10-15-9-14-8-11-2-4-12(5-3-11)13(16)17;2*1-2/h18-21,36-39,49,64,69H,3-17,22-35,40-46H2,1-2H3,(H,59,67)(H,60,68)(H2,58,61,62);2-5,9H,6-8,10H2,1H3,(H,14,15)(H,16,17);1-2H3;1H3/b20-18+,21-19+;;;. The molecule has 0 aliphatic heterocycles. The van der Waals surface area contributed by atoms with Gasteiger partial charge in [0.2, 0.25) is 0 Å². The van der Waals surface area contributed by atoms with Crippen molar-refractivity contribution < 1.29 is 67.0 Å². The number of nitrogens with two attached hydrogens (primary N) is 1. The Morgan fingerprint density at radius 2 is 1.19 bits per heavy atom. The molecule has 25 heteroatoms. The van der Waals surface area contributed by atoms with Gasteiger partial charge in [0.25, 0.3) is 5.91 Å². The van der Waals surface area contributed by atoms with Crippen molar-refractivity contribution in [1.29, 1.82) is 0 Å². The maximum absolute atomic E-state index is 12.9. The zero-order chi connectivity index (χ0) is 71.9. The van der Waals surface area contributed by atoms with Crippen LogP contribution in [0.2, 0.25) is 0 Å². The molecule has 2 heterocycles. The number of alkyl halides is 1. The number of hydrogen-bond acceptors (Lipinski definition) is 18. The summed E-state index contributed by atoms with van der Waals surface area (Å²) >= 11 is 2.15. The lowest BCUT2D eigenvalue weighted by molar-refractivity contribution is -0.161. The number of methoxy groups -OCH3 is 1. The molecule has 1 amide bonds. The number of aliphatic imine (C=N–C) groups is 1. The molecule has 0 bridgehead atoms. The van der Waals surface area contributed by atoms with Crippen LogP contribution in [0.3, 0.4) is 0 Å². The molecule has 2 unspecified atom stereocenters. The lowest BCUT2D eigenvalue weighted by Gasteiger charge is -2.19. The number of nitrogens with zero attached hydrogens (tertiary/aromatic N) is 4. The van der Waals surface area contributed by atoms with E-state index >= 15 is 0 Å². The Hall–Kier alpha value is -5.86. The molecule has 0 saturated carbocycles. The van der Waals surface area contributed by atoms with Crippen LogP contribution in [0.5, 0.6) is 6.01 Å². The van der Waals surface area contributed by atoms with Crippen molar-refractivity contribution in [1.82, 2.24) is 30.2 Å². The van der Waals surface area contributed by atoms with Crippen molar-refractivity contribution in [2.75, 3.05) is 77.3 Å². The van der Waals surface area contributed by atoms with Gasteiger partial charge in [-0.25, -0.2) is 9.59 Å². The van der Waals surface area contributed by atoms with Crippen LogP contribution >= 0.6 is 31.2 Å². The summed E-state index contributed by atoms with van der Waals surface area (Å²) in [7, 11) is -0.792. The fourth-order valence-electron chi connectivity index (χ4n) is 9.65. The Labute approximate surface area is 599 Å². The minimum absolute atomic E-state index is 0.0246. The first kappa shape index (κ1) is 90.2. The lowest BCUT2D eigenvalue weighted by atomic mass is 10.1. The van der Waals surface area contributed by atoms with Crippen LogP contribution in [0.1, 0.15) is 246 Å². The molecule has 0 aliphatic carbocycles. The predicted molar refractivity (Wildman–Crippen MR) is 401 cm³/mol. The van der Waals surface area contributed by atoms with Crippen molar-refractivity contribution >= 4 is 78.3 Å². The van der Waals surface area contributed by atoms with Gasteiger partial charge < -0.3 is 69.2 Å². The summed E-state index contributed by atoms with van der Waals surface area (Å²) in [5.74, 6) is -2.09. The number of carboxylic acids is 1. The van der Waals surface area contributed by atoms with Gasteiger partial charge in [0, 0.05) is 32.1 Å². The number of aromatic nitrogens is 4. The number of aliphatic hydroxyl groups excluding tert-OH is 1. The number of unbranched alkanes of at least 4 members (excludes halogenated alkanes) is 23. The van der Waals surface area contributed by atoms with Crippen LogP contribution in [0.25, 0.3) is 11.2 Å². The van der Waals surface area contributed by atoms with Crippen LogP contribution < -0.4 is 26.8 Å². The van der Waals surface area contributed by atoms with Gasteiger partial charge in [-0.2, -0.15) is 9.97 Å². The number of amides is 1. The third-order valence-corrected chi connectivity index (χ3v) is 15.8. The molecule has 554 valence electrons.